The van der Waals surface area contributed by atoms with Crippen molar-refractivity contribution in [2.75, 3.05) is 4.90 Å². The molecular weight excluding hydrogens is 387 g/mol. The molecule has 0 bridgehead atoms. The highest BCUT2D eigenvalue weighted by Gasteiger charge is 2.44. The summed E-state index contributed by atoms with van der Waals surface area (Å²) in [4.78, 5) is 41.4. The van der Waals surface area contributed by atoms with Gasteiger partial charge in [0.25, 0.3) is 11.8 Å². The zero-order valence-corrected chi connectivity index (χ0v) is 16.2. The van der Waals surface area contributed by atoms with Crippen LogP contribution in [-0.2, 0) is 16.1 Å². The molecule has 0 saturated carbocycles. The topological polar surface area (TPSA) is 70.8 Å². The first-order valence-corrected chi connectivity index (χ1v) is 9.46. The van der Waals surface area contributed by atoms with E-state index >= 15 is 0 Å². The number of furan rings is 1. The molecule has 2 aromatic carbocycles. The molecule has 3 amide bonds. The zero-order chi connectivity index (χ0) is 21.3. The normalized spacial score (nSPS) is 16.2. The summed E-state index contributed by atoms with van der Waals surface area (Å²) in [5, 5.41) is 0. The molecule has 1 aromatic heterocycles. The van der Waals surface area contributed by atoms with Crippen LogP contribution in [0.3, 0.4) is 0 Å². The lowest BCUT2D eigenvalue weighted by Crippen LogP contribution is -2.45. The van der Waals surface area contributed by atoms with E-state index in [0.29, 0.717) is 11.3 Å². The molecule has 0 N–H and O–H groups in total. The van der Waals surface area contributed by atoms with Crippen LogP contribution in [0.5, 0.6) is 0 Å². The predicted octanol–water partition coefficient (Wildman–Crippen LogP) is 3.70. The van der Waals surface area contributed by atoms with Gasteiger partial charge in [-0.1, -0.05) is 17.7 Å². The highest BCUT2D eigenvalue weighted by Crippen LogP contribution is 2.28. The summed E-state index contributed by atoms with van der Waals surface area (Å²) in [6.07, 6.45) is 1.32. The lowest BCUT2D eigenvalue weighted by atomic mass is 10.1. The molecule has 0 spiro atoms. The standard InChI is InChI=1S/C23H19FN2O4/c1-15-4-6-16(7-5-15)22(28)25(14-19-3-2-12-30-19)20-13-21(27)26(23(20)29)18-10-8-17(24)9-11-18/h2-12,20H,13-14H2,1H3. The maximum atomic E-state index is 13.3. The van der Waals surface area contributed by atoms with Gasteiger partial charge in [0, 0.05) is 5.56 Å². The van der Waals surface area contributed by atoms with Gasteiger partial charge >= 0.3 is 0 Å². The van der Waals surface area contributed by atoms with Gasteiger partial charge in [-0.25, -0.2) is 9.29 Å². The molecule has 4 rings (SSSR count). The van der Waals surface area contributed by atoms with Crippen LogP contribution in [-0.4, -0.2) is 28.7 Å². The van der Waals surface area contributed by atoms with Crippen molar-refractivity contribution in [2.45, 2.75) is 25.9 Å². The van der Waals surface area contributed by atoms with Crippen molar-refractivity contribution in [3.63, 3.8) is 0 Å². The monoisotopic (exact) mass is 406 g/mol. The lowest BCUT2D eigenvalue weighted by Gasteiger charge is -2.27. The second kappa shape index (κ2) is 7.94. The highest BCUT2D eigenvalue weighted by atomic mass is 19.1. The second-order valence-corrected chi connectivity index (χ2v) is 7.14. The first-order valence-electron chi connectivity index (χ1n) is 9.46. The fourth-order valence-electron chi connectivity index (χ4n) is 3.48. The van der Waals surface area contributed by atoms with Crippen molar-refractivity contribution in [1.29, 1.82) is 0 Å². The number of hydrogen-bond donors (Lipinski definition) is 0. The minimum absolute atomic E-state index is 0.0423. The van der Waals surface area contributed by atoms with Crippen LogP contribution in [0.4, 0.5) is 10.1 Å². The van der Waals surface area contributed by atoms with E-state index < -0.39 is 23.7 Å². The summed E-state index contributed by atoms with van der Waals surface area (Å²) in [6.45, 7) is 1.95. The molecule has 30 heavy (non-hydrogen) atoms. The Labute approximate surface area is 172 Å². The number of amides is 3. The van der Waals surface area contributed by atoms with E-state index in [1.165, 1.54) is 35.4 Å². The largest absolute Gasteiger partial charge is 0.467 e. The number of carbonyl (C=O) groups excluding carboxylic acids is 3. The van der Waals surface area contributed by atoms with Crippen LogP contribution < -0.4 is 4.90 Å². The second-order valence-electron chi connectivity index (χ2n) is 7.14. The van der Waals surface area contributed by atoms with E-state index in [0.717, 1.165) is 10.5 Å². The Balaban J connectivity index is 1.67. The number of rotatable bonds is 5. The van der Waals surface area contributed by atoms with Gasteiger partial charge in [-0.05, 0) is 55.5 Å². The number of nitrogens with zero attached hydrogens (tertiary/aromatic N) is 2. The molecule has 1 aliphatic heterocycles. The van der Waals surface area contributed by atoms with Crippen LogP contribution in [0.15, 0.2) is 71.3 Å². The number of benzene rings is 2. The van der Waals surface area contributed by atoms with Gasteiger partial charge in [0.2, 0.25) is 5.91 Å². The van der Waals surface area contributed by atoms with E-state index in [2.05, 4.69) is 0 Å². The van der Waals surface area contributed by atoms with Crippen molar-refractivity contribution in [3.8, 4) is 0 Å². The summed E-state index contributed by atoms with van der Waals surface area (Å²) in [5.74, 6) is -1.32. The van der Waals surface area contributed by atoms with Gasteiger partial charge in [0.1, 0.15) is 17.6 Å². The molecule has 7 heteroatoms. The number of aryl methyl sites for hydroxylation is 1. The average molecular weight is 406 g/mol. The van der Waals surface area contributed by atoms with Crippen LogP contribution in [0.25, 0.3) is 0 Å². The van der Waals surface area contributed by atoms with Gasteiger partial charge in [0.15, 0.2) is 0 Å². The highest BCUT2D eigenvalue weighted by molar-refractivity contribution is 6.23. The SMILES string of the molecule is Cc1ccc(C(=O)N(Cc2ccco2)C2CC(=O)N(c3ccc(F)cc3)C2=O)cc1. The zero-order valence-electron chi connectivity index (χ0n) is 16.2. The molecule has 2 heterocycles. The van der Waals surface area contributed by atoms with E-state index in [1.54, 1.807) is 24.3 Å². The molecular formula is C23H19FN2O4. The summed E-state index contributed by atoms with van der Waals surface area (Å²) in [5.41, 5.74) is 1.68. The summed E-state index contributed by atoms with van der Waals surface area (Å²) in [6, 6.07) is 14.5. The van der Waals surface area contributed by atoms with Gasteiger partial charge < -0.3 is 9.32 Å². The van der Waals surface area contributed by atoms with Gasteiger partial charge in [-0.15, -0.1) is 0 Å². The first kappa shape index (κ1) is 19.6. The third kappa shape index (κ3) is 3.74. The smallest absolute Gasteiger partial charge is 0.257 e. The number of anilines is 1. The Morgan fingerprint density at radius 2 is 1.80 bits per heavy atom. The molecule has 0 radical (unpaired) electrons. The quantitative estimate of drug-likeness (QED) is 0.606. The Morgan fingerprint density at radius 1 is 1.10 bits per heavy atom. The third-order valence-corrected chi connectivity index (χ3v) is 5.05. The Hall–Kier alpha value is -3.74. The van der Waals surface area contributed by atoms with Crippen molar-refractivity contribution < 1.29 is 23.2 Å². The molecule has 1 atom stereocenters. The molecule has 1 fully saturated rings. The summed E-state index contributed by atoms with van der Waals surface area (Å²) in [7, 11) is 0. The molecule has 1 aliphatic rings. The van der Waals surface area contributed by atoms with Crippen molar-refractivity contribution in [2.24, 2.45) is 0 Å². The van der Waals surface area contributed by atoms with Crippen molar-refractivity contribution >= 4 is 23.4 Å². The number of carbonyl (C=O) groups is 3. The van der Waals surface area contributed by atoms with Crippen LogP contribution in [0.1, 0.15) is 28.1 Å². The van der Waals surface area contributed by atoms with Crippen molar-refractivity contribution in [3.05, 3.63) is 89.6 Å². The van der Waals surface area contributed by atoms with E-state index in [9.17, 15) is 18.8 Å². The van der Waals surface area contributed by atoms with E-state index in [4.69, 9.17) is 4.42 Å². The van der Waals surface area contributed by atoms with Crippen molar-refractivity contribution in [1.82, 2.24) is 4.90 Å². The maximum Gasteiger partial charge on any atom is 0.257 e. The van der Waals surface area contributed by atoms with E-state index in [1.807, 2.05) is 19.1 Å². The minimum Gasteiger partial charge on any atom is -0.467 e. The molecule has 1 unspecified atom stereocenters. The molecule has 1 saturated heterocycles. The number of imide groups is 1. The maximum absolute atomic E-state index is 13.3. The number of halogens is 1. The van der Waals surface area contributed by atoms with Gasteiger partial charge in [-0.2, -0.15) is 0 Å². The van der Waals surface area contributed by atoms with Gasteiger partial charge in [-0.3, -0.25) is 14.4 Å². The molecule has 152 valence electrons. The lowest BCUT2D eigenvalue weighted by molar-refractivity contribution is -0.122. The fourth-order valence-corrected chi connectivity index (χ4v) is 3.48. The predicted molar refractivity (Wildman–Crippen MR) is 107 cm³/mol. The molecule has 6 nitrogen and oxygen atoms in total. The van der Waals surface area contributed by atoms with Gasteiger partial charge in [0.05, 0.1) is 24.9 Å². The van der Waals surface area contributed by atoms with E-state index in [-0.39, 0.29) is 24.6 Å². The summed E-state index contributed by atoms with van der Waals surface area (Å²) >= 11 is 0. The molecule has 3 aromatic rings. The number of hydrogen-bond acceptors (Lipinski definition) is 4. The minimum atomic E-state index is -0.985. The first-order chi connectivity index (χ1) is 14.4. The fraction of sp³-hybridized carbons (Fsp3) is 0.174. The summed E-state index contributed by atoms with van der Waals surface area (Å²) < 4.78 is 18.6. The average Bonchev–Trinajstić information content (AvgIpc) is 3.35. The molecule has 0 aliphatic carbocycles. The third-order valence-electron chi connectivity index (χ3n) is 5.05. The Morgan fingerprint density at radius 3 is 2.43 bits per heavy atom. The Kier molecular flexibility index (Phi) is 5.18. The Bertz CT molecular complexity index is 1080. The van der Waals surface area contributed by atoms with Crippen LogP contribution in [0.2, 0.25) is 0 Å². The van der Waals surface area contributed by atoms with Crippen LogP contribution >= 0.6 is 0 Å². The van der Waals surface area contributed by atoms with Crippen LogP contribution in [0, 0.1) is 12.7 Å².